The standard InChI is InChI=1S/C7H2Cl2FN/c8-5-2-1-4(3-11)7(10)6(5)9/h1-2H. The summed E-state index contributed by atoms with van der Waals surface area (Å²) in [6, 6.07) is 4.31. The molecule has 1 aromatic carbocycles. The van der Waals surface area contributed by atoms with E-state index in [1.54, 1.807) is 6.07 Å². The first-order valence-corrected chi connectivity index (χ1v) is 3.46. The minimum atomic E-state index is -0.762. The molecule has 0 aliphatic rings. The van der Waals surface area contributed by atoms with Crippen LogP contribution in [-0.2, 0) is 0 Å². The van der Waals surface area contributed by atoms with Crippen LogP contribution in [0, 0.1) is 17.1 Å². The Labute approximate surface area is 73.0 Å². The van der Waals surface area contributed by atoms with Crippen molar-refractivity contribution in [2.24, 2.45) is 0 Å². The van der Waals surface area contributed by atoms with Gasteiger partial charge in [-0.15, -0.1) is 0 Å². The molecule has 0 aromatic heterocycles. The van der Waals surface area contributed by atoms with Gasteiger partial charge >= 0.3 is 0 Å². The van der Waals surface area contributed by atoms with E-state index in [-0.39, 0.29) is 15.6 Å². The fraction of sp³-hybridized carbons (Fsp3) is 0. The van der Waals surface area contributed by atoms with Crippen molar-refractivity contribution in [3.05, 3.63) is 33.6 Å². The Balaban J connectivity index is 3.40. The maximum atomic E-state index is 12.8. The molecule has 0 saturated heterocycles. The number of benzene rings is 1. The zero-order chi connectivity index (χ0) is 8.43. The molecule has 0 N–H and O–H groups in total. The molecule has 0 saturated carbocycles. The van der Waals surface area contributed by atoms with Crippen molar-refractivity contribution in [3.63, 3.8) is 0 Å². The summed E-state index contributed by atoms with van der Waals surface area (Å²) in [5.74, 6) is -0.762. The van der Waals surface area contributed by atoms with Crippen molar-refractivity contribution in [2.75, 3.05) is 0 Å². The van der Waals surface area contributed by atoms with Crippen molar-refractivity contribution in [1.29, 1.82) is 5.26 Å². The first-order valence-electron chi connectivity index (χ1n) is 2.70. The van der Waals surface area contributed by atoms with Gasteiger partial charge in [0.05, 0.1) is 15.6 Å². The molecule has 56 valence electrons. The predicted octanol–water partition coefficient (Wildman–Crippen LogP) is 3.00. The lowest BCUT2D eigenvalue weighted by Crippen LogP contribution is -1.84. The second-order valence-electron chi connectivity index (χ2n) is 1.83. The molecule has 0 atom stereocenters. The third-order valence-corrected chi connectivity index (χ3v) is 1.94. The van der Waals surface area contributed by atoms with Gasteiger partial charge in [-0.2, -0.15) is 5.26 Å². The van der Waals surface area contributed by atoms with E-state index in [0.29, 0.717) is 0 Å². The maximum Gasteiger partial charge on any atom is 0.161 e. The Morgan fingerprint density at radius 3 is 2.55 bits per heavy atom. The molecule has 4 heteroatoms. The first-order chi connectivity index (χ1) is 5.16. The van der Waals surface area contributed by atoms with Crippen LogP contribution in [0.1, 0.15) is 5.56 Å². The number of nitriles is 1. The van der Waals surface area contributed by atoms with E-state index in [0.717, 1.165) is 0 Å². The van der Waals surface area contributed by atoms with Crippen LogP contribution < -0.4 is 0 Å². The summed E-state index contributed by atoms with van der Waals surface area (Å²) in [4.78, 5) is 0. The zero-order valence-electron chi connectivity index (χ0n) is 5.24. The van der Waals surface area contributed by atoms with Gasteiger partial charge in [0.1, 0.15) is 6.07 Å². The molecule has 0 radical (unpaired) electrons. The van der Waals surface area contributed by atoms with Crippen LogP contribution in [0.25, 0.3) is 0 Å². The van der Waals surface area contributed by atoms with Gasteiger partial charge in [0.2, 0.25) is 0 Å². The number of rotatable bonds is 0. The van der Waals surface area contributed by atoms with E-state index in [2.05, 4.69) is 0 Å². The Kier molecular flexibility index (Phi) is 2.33. The van der Waals surface area contributed by atoms with Gasteiger partial charge in [-0.3, -0.25) is 0 Å². The summed E-state index contributed by atoms with van der Waals surface area (Å²) < 4.78 is 12.8. The third-order valence-electron chi connectivity index (χ3n) is 1.16. The lowest BCUT2D eigenvalue weighted by molar-refractivity contribution is 0.624. The Hall–Kier alpha value is -0.780. The Morgan fingerprint density at radius 1 is 1.36 bits per heavy atom. The minimum absolute atomic E-state index is 0.0978. The van der Waals surface area contributed by atoms with Crippen molar-refractivity contribution >= 4 is 23.2 Å². The Morgan fingerprint density at radius 2 is 2.00 bits per heavy atom. The summed E-state index contributed by atoms with van der Waals surface area (Å²) in [6.07, 6.45) is 0. The molecule has 1 nitrogen and oxygen atoms in total. The first kappa shape index (κ1) is 8.32. The maximum absolute atomic E-state index is 12.8. The third kappa shape index (κ3) is 1.45. The molecular weight excluding hydrogens is 188 g/mol. The molecule has 1 rings (SSSR count). The van der Waals surface area contributed by atoms with Crippen LogP contribution in [0.3, 0.4) is 0 Å². The molecule has 0 fully saturated rings. The number of halogens is 3. The largest absolute Gasteiger partial charge is 0.204 e. The van der Waals surface area contributed by atoms with E-state index < -0.39 is 5.82 Å². The topological polar surface area (TPSA) is 23.8 Å². The highest BCUT2D eigenvalue weighted by atomic mass is 35.5. The summed E-state index contributed by atoms with van der Waals surface area (Å²) in [6.45, 7) is 0. The van der Waals surface area contributed by atoms with Crippen LogP contribution in [0.2, 0.25) is 10.0 Å². The SMILES string of the molecule is N#Cc1ccc(Cl)c(Cl)c1F. The average Bonchev–Trinajstić information content (AvgIpc) is 2.01. The molecule has 1 aromatic rings. The second-order valence-corrected chi connectivity index (χ2v) is 2.62. The van der Waals surface area contributed by atoms with E-state index >= 15 is 0 Å². The fourth-order valence-corrected chi connectivity index (χ4v) is 0.923. The van der Waals surface area contributed by atoms with E-state index in [9.17, 15) is 4.39 Å². The molecule has 0 aliphatic heterocycles. The summed E-state index contributed by atoms with van der Waals surface area (Å²) in [7, 11) is 0. The van der Waals surface area contributed by atoms with Gasteiger partial charge in [0.25, 0.3) is 0 Å². The van der Waals surface area contributed by atoms with Gasteiger partial charge in [-0.05, 0) is 12.1 Å². The van der Waals surface area contributed by atoms with Crippen LogP contribution in [-0.4, -0.2) is 0 Å². The molecule has 0 amide bonds. The monoisotopic (exact) mass is 189 g/mol. The molecule has 11 heavy (non-hydrogen) atoms. The molecule has 0 spiro atoms. The quantitative estimate of drug-likeness (QED) is 0.576. The molecule has 0 bridgehead atoms. The van der Waals surface area contributed by atoms with Crippen LogP contribution in [0.15, 0.2) is 12.1 Å². The highest BCUT2D eigenvalue weighted by Gasteiger charge is 2.08. The number of hydrogen-bond donors (Lipinski definition) is 0. The van der Waals surface area contributed by atoms with Gasteiger partial charge in [-0.1, -0.05) is 23.2 Å². The van der Waals surface area contributed by atoms with Crippen molar-refractivity contribution in [3.8, 4) is 6.07 Å². The van der Waals surface area contributed by atoms with Crippen LogP contribution in [0.5, 0.6) is 0 Å². The van der Waals surface area contributed by atoms with Crippen molar-refractivity contribution in [1.82, 2.24) is 0 Å². The number of nitrogens with zero attached hydrogens (tertiary/aromatic N) is 1. The second kappa shape index (κ2) is 3.08. The van der Waals surface area contributed by atoms with E-state index in [1.807, 2.05) is 0 Å². The summed E-state index contributed by atoms with van der Waals surface area (Å²) in [5, 5.41) is 8.25. The van der Waals surface area contributed by atoms with Gasteiger partial charge in [0.15, 0.2) is 5.82 Å². The minimum Gasteiger partial charge on any atom is -0.204 e. The van der Waals surface area contributed by atoms with Crippen LogP contribution in [0.4, 0.5) is 4.39 Å². The van der Waals surface area contributed by atoms with Gasteiger partial charge in [-0.25, -0.2) is 4.39 Å². The van der Waals surface area contributed by atoms with Gasteiger partial charge < -0.3 is 0 Å². The average molecular weight is 190 g/mol. The molecule has 0 aliphatic carbocycles. The normalized spacial score (nSPS) is 9.27. The predicted molar refractivity (Wildman–Crippen MR) is 41.1 cm³/mol. The summed E-state index contributed by atoms with van der Waals surface area (Å²) >= 11 is 10.9. The smallest absolute Gasteiger partial charge is 0.161 e. The lowest BCUT2D eigenvalue weighted by Gasteiger charge is -1.97. The Bertz CT molecular complexity index is 330. The van der Waals surface area contributed by atoms with E-state index in [4.69, 9.17) is 28.5 Å². The van der Waals surface area contributed by atoms with E-state index in [1.165, 1.54) is 12.1 Å². The summed E-state index contributed by atoms with van der Waals surface area (Å²) in [5.41, 5.74) is -0.0978. The van der Waals surface area contributed by atoms with Crippen molar-refractivity contribution in [2.45, 2.75) is 0 Å². The van der Waals surface area contributed by atoms with Crippen LogP contribution >= 0.6 is 23.2 Å². The fourth-order valence-electron chi connectivity index (χ4n) is 0.612. The lowest BCUT2D eigenvalue weighted by atomic mass is 10.2. The highest BCUT2D eigenvalue weighted by Crippen LogP contribution is 2.26. The highest BCUT2D eigenvalue weighted by molar-refractivity contribution is 6.42. The van der Waals surface area contributed by atoms with Crippen molar-refractivity contribution < 1.29 is 4.39 Å². The molecule has 0 heterocycles. The van der Waals surface area contributed by atoms with Gasteiger partial charge in [0, 0.05) is 0 Å². The zero-order valence-corrected chi connectivity index (χ0v) is 6.75. The molecule has 0 unspecified atom stereocenters. The molecular formula is C7H2Cl2FN. The number of hydrogen-bond acceptors (Lipinski definition) is 1.